The number of ether oxygens (including phenoxy) is 1. The van der Waals surface area contributed by atoms with Gasteiger partial charge in [0.15, 0.2) is 0 Å². The van der Waals surface area contributed by atoms with Crippen molar-refractivity contribution in [3.05, 3.63) is 29.6 Å². The molecule has 0 bridgehead atoms. The first-order valence-electron chi connectivity index (χ1n) is 7.71. The van der Waals surface area contributed by atoms with Gasteiger partial charge < -0.3 is 9.30 Å². The van der Waals surface area contributed by atoms with Crippen LogP contribution in [0.3, 0.4) is 0 Å². The van der Waals surface area contributed by atoms with Crippen LogP contribution in [0.1, 0.15) is 31.7 Å². The van der Waals surface area contributed by atoms with Gasteiger partial charge in [-0.1, -0.05) is 19.9 Å². The topological polar surface area (TPSA) is 27.1 Å². The number of rotatable bonds is 8. The molecule has 1 heterocycles. The minimum absolute atomic E-state index is 0.591. The van der Waals surface area contributed by atoms with Gasteiger partial charge in [0.25, 0.3) is 0 Å². The van der Waals surface area contributed by atoms with Crippen LogP contribution in [0.2, 0.25) is 0 Å². The van der Waals surface area contributed by atoms with Crippen molar-refractivity contribution in [1.82, 2.24) is 9.55 Å². The summed E-state index contributed by atoms with van der Waals surface area (Å²) < 4.78 is 7.96. The summed E-state index contributed by atoms with van der Waals surface area (Å²) in [4.78, 5) is 4.71. The zero-order valence-electron chi connectivity index (χ0n) is 13.2. The largest absolute Gasteiger partial charge is 0.381 e. The quantitative estimate of drug-likeness (QED) is 0.540. The summed E-state index contributed by atoms with van der Waals surface area (Å²) in [7, 11) is 0. The lowest BCUT2D eigenvalue weighted by molar-refractivity contribution is 0.105. The van der Waals surface area contributed by atoms with Crippen molar-refractivity contribution in [2.75, 3.05) is 19.1 Å². The van der Waals surface area contributed by atoms with Crippen LogP contribution in [0.25, 0.3) is 11.0 Å². The second-order valence-corrected chi connectivity index (χ2v) is 6.31. The Bertz CT molecular complexity index is 577. The third kappa shape index (κ3) is 4.45. The predicted molar refractivity (Wildman–Crippen MR) is 89.2 cm³/mol. The second-order valence-electron chi connectivity index (χ2n) is 5.93. The van der Waals surface area contributed by atoms with E-state index in [1.165, 1.54) is 11.1 Å². The van der Waals surface area contributed by atoms with Gasteiger partial charge in [0.05, 0.1) is 11.0 Å². The van der Waals surface area contributed by atoms with Gasteiger partial charge in [-0.15, -0.1) is 11.6 Å². The van der Waals surface area contributed by atoms with Gasteiger partial charge in [0.2, 0.25) is 0 Å². The molecule has 0 unspecified atom stereocenters. The molecule has 21 heavy (non-hydrogen) atoms. The first-order valence-corrected chi connectivity index (χ1v) is 8.24. The molecule has 0 amide bonds. The van der Waals surface area contributed by atoms with E-state index in [4.69, 9.17) is 21.3 Å². The third-order valence-corrected chi connectivity index (χ3v) is 3.61. The smallest absolute Gasteiger partial charge is 0.111 e. The van der Waals surface area contributed by atoms with Crippen molar-refractivity contribution in [2.24, 2.45) is 5.92 Å². The normalized spacial score (nSPS) is 11.7. The van der Waals surface area contributed by atoms with Crippen molar-refractivity contribution >= 4 is 22.6 Å². The fourth-order valence-electron chi connectivity index (χ4n) is 2.45. The average molecular weight is 309 g/mol. The Kier molecular flexibility index (Phi) is 6.07. The summed E-state index contributed by atoms with van der Waals surface area (Å²) in [5.41, 5.74) is 3.53. The van der Waals surface area contributed by atoms with Crippen molar-refractivity contribution in [3.63, 3.8) is 0 Å². The van der Waals surface area contributed by atoms with E-state index < -0.39 is 0 Å². The van der Waals surface area contributed by atoms with Crippen LogP contribution in [0.5, 0.6) is 0 Å². The first-order chi connectivity index (χ1) is 10.1. The fraction of sp³-hybridized carbons (Fsp3) is 0.588. The van der Waals surface area contributed by atoms with E-state index in [2.05, 4.69) is 43.5 Å². The average Bonchev–Trinajstić information content (AvgIpc) is 2.76. The highest BCUT2D eigenvalue weighted by atomic mass is 35.5. The standard InChI is InChI=1S/C17H25ClN2O/c1-13(2)12-21-10-4-9-20-16-11-14(3)5-6-15(16)19-17(20)7-8-18/h5-6,11,13H,4,7-10,12H2,1-3H3. The Labute approximate surface area is 132 Å². The van der Waals surface area contributed by atoms with Gasteiger partial charge in [0.1, 0.15) is 5.82 Å². The molecule has 3 nitrogen and oxygen atoms in total. The van der Waals surface area contributed by atoms with Crippen molar-refractivity contribution in [2.45, 2.75) is 40.2 Å². The van der Waals surface area contributed by atoms with Gasteiger partial charge in [-0.05, 0) is 37.0 Å². The van der Waals surface area contributed by atoms with Crippen LogP contribution >= 0.6 is 11.6 Å². The number of nitrogens with zero attached hydrogens (tertiary/aromatic N) is 2. The molecular weight excluding hydrogens is 284 g/mol. The van der Waals surface area contributed by atoms with E-state index in [9.17, 15) is 0 Å². The fourth-order valence-corrected chi connectivity index (χ4v) is 2.62. The van der Waals surface area contributed by atoms with Crippen LogP contribution in [-0.2, 0) is 17.7 Å². The number of imidazole rings is 1. The van der Waals surface area contributed by atoms with Crippen molar-refractivity contribution < 1.29 is 4.74 Å². The van der Waals surface area contributed by atoms with Crippen LogP contribution < -0.4 is 0 Å². The van der Waals surface area contributed by atoms with Crippen LogP contribution in [0, 0.1) is 12.8 Å². The molecule has 0 atom stereocenters. The maximum absolute atomic E-state index is 5.91. The summed E-state index contributed by atoms with van der Waals surface area (Å²) in [5, 5.41) is 0. The van der Waals surface area contributed by atoms with Crippen molar-refractivity contribution in [1.29, 1.82) is 0 Å². The Balaban J connectivity index is 2.08. The van der Waals surface area contributed by atoms with E-state index in [1.807, 2.05) is 0 Å². The van der Waals surface area contributed by atoms with E-state index in [-0.39, 0.29) is 0 Å². The molecule has 0 N–H and O–H groups in total. The third-order valence-electron chi connectivity index (χ3n) is 3.42. The number of alkyl halides is 1. The maximum Gasteiger partial charge on any atom is 0.111 e. The van der Waals surface area contributed by atoms with Gasteiger partial charge in [-0.25, -0.2) is 4.98 Å². The Hall–Kier alpha value is -1.06. The highest BCUT2D eigenvalue weighted by Crippen LogP contribution is 2.19. The van der Waals surface area contributed by atoms with Crippen molar-refractivity contribution in [3.8, 4) is 0 Å². The molecule has 0 saturated heterocycles. The number of halogens is 1. The molecule has 0 fully saturated rings. The molecule has 0 radical (unpaired) electrons. The molecule has 116 valence electrons. The molecule has 0 aliphatic carbocycles. The lowest BCUT2D eigenvalue weighted by Crippen LogP contribution is -2.09. The van der Waals surface area contributed by atoms with Gasteiger partial charge in [-0.3, -0.25) is 0 Å². The summed E-state index contributed by atoms with van der Waals surface area (Å²) in [6.45, 7) is 9.02. The zero-order valence-corrected chi connectivity index (χ0v) is 14.0. The SMILES string of the molecule is Cc1ccc2nc(CCCl)n(CCCOCC(C)C)c2c1. The number of aromatic nitrogens is 2. The van der Waals surface area contributed by atoms with Gasteiger partial charge >= 0.3 is 0 Å². The van der Waals surface area contributed by atoms with Crippen LogP contribution in [0.15, 0.2) is 18.2 Å². The number of aryl methyl sites for hydroxylation is 3. The molecule has 4 heteroatoms. The molecule has 0 aliphatic rings. The molecule has 0 aliphatic heterocycles. The zero-order chi connectivity index (χ0) is 15.2. The lowest BCUT2D eigenvalue weighted by atomic mass is 10.2. The summed E-state index contributed by atoms with van der Waals surface area (Å²) in [5.74, 6) is 2.27. The summed E-state index contributed by atoms with van der Waals surface area (Å²) in [6.07, 6.45) is 1.81. The summed E-state index contributed by atoms with van der Waals surface area (Å²) in [6, 6.07) is 6.40. The molecule has 1 aromatic heterocycles. The Morgan fingerprint density at radius 2 is 2.14 bits per heavy atom. The van der Waals surface area contributed by atoms with E-state index in [0.29, 0.717) is 11.8 Å². The molecule has 0 spiro atoms. The molecule has 2 rings (SSSR count). The van der Waals surface area contributed by atoms with Crippen LogP contribution in [-0.4, -0.2) is 28.6 Å². The number of benzene rings is 1. The first kappa shape index (κ1) is 16.3. The van der Waals surface area contributed by atoms with Gasteiger partial charge in [-0.2, -0.15) is 0 Å². The number of hydrogen-bond acceptors (Lipinski definition) is 2. The van der Waals surface area contributed by atoms with Crippen LogP contribution in [0.4, 0.5) is 0 Å². The van der Waals surface area contributed by atoms with Gasteiger partial charge in [0, 0.05) is 32.1 Å². The van der Waals surface area contributed by atoms with E-state index >= 15 is 0 Å². The minimum Gasteiger partial charge on any atom is -0.381 e. The number of hydrogen-bond donors (Lipinski definition) is 0. The predicted octanol–water partition coefficient (Wildman–Crippen LogP) is 4.19. The van der Waals surface area contributed by atoms with E-state index in [0.717, 1.165) is 43.9 Å². The highest BCUT2D eigenvalue weighted by Gasteiger charge is 2.10. The summed E-state index contributed by atoms with van der Waals surface area (Å²) >= 11 is 5.91. The molecule has 1 aromatic carbocycles. The lowest BCUT2D eigenvalue weighted by Gasteiger charge is -2.10. The van der Waals surface area contributed by atoms with E-state index in [1.54, 1.807) is 0 Å². The Morgan fingerprint density at radius 3 is 2.86 bits per heavy atom. The maximum atomic E-state index is 5.91. The second kappa shape index (κ2) is 7.81. The monoisotopic (exact) mass is 308 g/mol. The molecule has 0 saturated carbocycles. The number of fused-ring (bicyclic) bond motifs is 1. The highest BCUT2D eigenvalue weighted by molar-refractivity contribution is 6.17. The Morgan fingerprint density at radius 1 is 1.33 bits per heavy atom. The minimum atomic E-state index is 0.591. The molecule has 2 aromatic rings. The molecular formula is C17H25ClN2O.